The fraction of sp³-hybridized carbons (Fsp3) is 0. The van der Waals surface area contributed by atoms with Gasteiger partial charge >= 0.3 is 0 Å². The van der Waals surface area contributed by atoms with Gasteiger partial charge in [-0.2, -0.15) is 5.11 Å². The van der Waals surface area contributed by atoms with E-state index in [1.54, 1.807) is 12.1 Å². The quantitative estimate of drug-likeness (QED) is 0.379. The number of fused-ring (bicyclic) bond motifs is 1. The summed E-state index contributed by atoms with van der Waals surface area (Å²) in [4.78, 5) is 10.1. The van der Waals surface area contributed by atoms with E-state index in [0.717, 1.165) is 16.8 Å². The Balaban J connectivity index is 1.87. The number of nitro groups is 1. The minimum absolute atomic E-state index is 0.0414. The fourth-order valence-corrected chi connectivity index (χ4v) is 2.04. The van der Waals surface area contributed by atoms with Gasteiger partial charge in [-0.3, -0.25) is 10.1 Å². The van der Waals surface area contributed by atoms with E-state index in [1.807, 2.05) is 42.5 Å². The van der Waals surface area contributed by atoms with Gasteiger partial charge in [-0.1, -0.05) is 36.4 Å². The number of nitro benzene ring substituents is 1. The molecule has 0 atom stereocenters. The average molecular weight is 277 g/mol. The van der Waals surface area contributed by atoms with E-state index in [-0.39, 0.29) is 5.69 Å². The summed E-state index contributed by atoms with van der Waals surface area (Å²) in [6.07, 6.45) is 0. The molecule has 3 rings (SSSR count). The molecule has 5 nitrogen and oxygen atoms in total. The Morgan fingerprint density at radius 3 is 2.33 bits per heavy atom. The van der Waals surface area contributed by atoms with E-state index < -0.39 is 4.92 Å². The minimum Gasteiger partial charge on any atom is -0.258 e. The molecule has 0 saturated heterocycles. The monoisotopic (exact) mass is 277 g/mol. The highest BCUT2D eigenvalue weighted by Crippen LogP contribution is 2.34. The number of rotatable bonds is 3. The molecule has 21 heavy (non-hydrogen) atoms. The van der Waals surface area contributed by atoms with Crippen molar-refractivity contribution in [2.45, 2.75) is 0 Å². The average Bonchev–Trinajstić information content (AvgIpc) is 2.72. The van der Waals surface area contributed by atoms with Gasteiger partial charge in [0.1, 0.15) is 0 Å². The normalized spacial score (nSPS) is 11.0. The fourth-order valence-electron chi connectivity index (χ4n) is 2.04. The van der Waals surface area contributed by atoms with Gasteiger partial charge in [-0.15, -0.1) is 5.11 Å². The van der Waals surface area contributed by atoms with E-state index in [4.69, 9.17) is 0 Å². The predicted octanol–water partition coefficient (Wildman–Crippen LogP) is 5.12. The highest BCUT2D eigenvalue weighted by Gasteiger charge is 2.07. The first kappa shape index (κ1) is 12.9. The number of azo groups is 1. The highest BCUT2D eigenvalue weighted by atomic mass is 16.6. The van der Waals surface area contributed by atoms with Crippen LogP contribution in [0, 0.1) is 10.1 Å². The molecule has 0 radical (unpaired) electrons. The van der Waals surface area contributed by atoms with Crippen LogP contribution < -0.4 is 0 Å². The summed E-state index contributed by atoms with van der Waals surface area (Å²) in [5.74, 6) is 0. The van der Waals surface area contributed by atoms with Crippen molar-refractivity contribution in [3.63, 3.8) is 0 Å². The molecule has 102 valence electrons. The molecule has 0 bridgehead atoms. The molecule has 1 aromatic carbocycles. The van der Waals surface area contributed by atoms with Gasteiger partial charge in [-0.05, 0) is 23.8 Å². The lowest BCUT2D eigenvalue weighted by molar-refractivity contribution is -0.384. The van der Waals surface area contributed by atoms with Gasteiger partial charge in [-0.25, -0.2) is 0 Å². The summed E-state index contributed by atoms with van der Waals surface area (Å²) in [7, 11) is 0. The molecule has 0 saturated carbocycles. The molecule has 0 N–H and O–H groups in total. The molecule has 0 spiro atoms. The largest absolute Gasteiger partial charge is 0.269 e. The molecule has 2 aliphatic carbocycles. The molecule has 1 aromatic rings. The second-order valence-corrected chi connectivity index (χ2v) is 4.47. The summed E-state index contributed by atoms with van der Waals surface area (Å²) in [5.41, 5.74) is 3.51. The van der Waals surface area contributed by atoms with Crippen molar-refractivity contribution in [2.24, 2.45) is 10.2 Å². The van der Waals surface area contributed by atoms with Crippen LogP contribution in [0.5, 0.6) is 0 Å². The Morgan fingerprint density at radius 1 is 0.810 bits per heavy atom. The smallest absolute Gasteiger partial charge is 0.258 e. The molecule has 0 aliphatic heterocycles. The van der Waals surface area contributed by atoms with Crippen LogP contribution in [-0.2, 0) is 0 Å². The third-order valence-electron chi connectivity index (χ3n) is 3.10. The molecule has 2 aliphatic rings. The van der Waals surface area contributed by atoms with Crippen molar-refractivity contribution < 1.29 is 4.92 Å². The van der Waals surface area contributed by atoms with Gasteiger partial charge in [0.25, 0.3) is 5.69 Å². The summed E-state index contributed by atoms with van der Waals surface area (Å²) < 4.78 is 0. The van der Waals surface area contributed by atoms with Gasteiger partial charge in [0.05, 0.1) is 16.3 Å². The zero-order valence-corrected chi connectivity index (χ0v) is 11.0. The van der Waals surface area contributed by atoms with Gasteiger partial charge in [0, 0.05) is 17.7 Å². The predicted molar refractivity (Wildman–Crippen MR) is 80.3 cm³/mol. The van der Waals surface area contributed by atoms with Crippen LogP contribution in [-0.4, -0.2) is 4.92 Å². The van der Waals surface area contributed by atoms with Crippen LogP contribution in [0.15, 0.2) is 77.0 Å². The zero-order chi connectivity index (χ0) is 14.7. The van der Waals surface area contributed by atoms with Crippen molar-refractivity contribution in [1.82, 2.24) is 0 Å². The second-order valence-electron chi connectivity index (χ2n) is 4.47. The maximum atomic E-state index is 10.6. The molecule has 0 heterocycles. The highest BCUT2D eigenvalue weighted by molar-refractivity contribution is 5.79. The number of hydrogen-bond acceptors (Lipinski definition) is 4. The zero-order valence-electron chi connectivity index (χ0n) is 11.0. The van der Waals surface area contributed by atoms with E-state index in [9.17, 15) is 10.1 Å². The first-order valence-electron chi connectivity index (χ1n) is 6.38. The molecule has 0 unspecified atom stereocenters. The Hall–Kier alpha value is -3.08. The molecule has 5 heteroatoms. The number of nitrogens with zero attached hydrogens (tertiary/aromatic N) is 3. The van der Waals surface area contributed by atoms with E-state index in [1.165, 1.54) is 12.1 Å². The van der Waals surface area contributed by atoms with E-state index in [0.29, 0.717) is 5.69 Å². The van der Waals surface area contributed by atoms with Crippen LogP contribution in [0.1, 0.15) is 0 Å². The third kappa shape index (κ3) is 2.76. The molecular formula is C16H11N3O2. The first-order chi connectivity index (χ1) is 10.2. The van der Waals surface area contributed by atoms with Crippen LogP contribution >= 0.6 is 0 Å². The van der Waals surface area contributed by atoms with Crippen LogP contribution in [0.4, 0.5) is 17.1 Å². The Bertz CT molecular complexity index is 782. The summed E-state index contributed by atoms with van der Waals surface area (Å²) in [5, 5.41) is 18.9. The maximum absolute atomic E-state index is 10.6. The Labute approximate surface area is 121 Å². The van der Waals surface area contributed by atoms with Crippen LogP contribution in [0.25, 0.3) is 11.1 Å². The Morgan fingerprint density at radius 2 is 1.57 bits per heavy atom. The van der Waals surface area contributed by atoms with Gasteiger partial charge in [0.15, 0.2) is 0 Å². The van der Waals surface area contributed by atoms with Crippen LogP contribution in [0.3, 0.4) is 0 Å². The van der Waals surface area contributed by atoms with E-state index in [2.05, 4.69) is 10.2 Å². The Kier molecular flexibility index (Phi) is 3.39. The standard InChI is InChI=1S/C16H11N3O2/c20-19(21)14-9-7-13(8-10-14)17-18-16-11-6-12-4-2-1-3-5-15(12)16/h1-11H. The summed E-state index contributed by atoms with van der Waals surface area (Å²) in [6.45, 7) is 0. The lowest BCUT2D eigenvalue weighted by Gasteiger charge is -1.95. The van der Waals surface area contributed by atoms with Crippen molar-refractivity contribution in [1.29, 1.82) is 0 Å². The summed E-state index contributed by atoms with van der Waals surface area (Å²) in [6, 6.07) is 19.7. The topological polar surface area (TPSA) is 67.9 Å². The van der Waals surface area contributed by atoms with Crippen molar-refractivity contribution in [2.75, 3.05) is 0 Å². The third-order valence-corrected chi connectivity index (χ3v) is 3.10. The molecule has 0 amide bonds. The SMILES string of the molecule is O=[N+]([O-])c1ccc(N=Nc2ccc3cccccc2-3)cc1. The van der Waals surface area contributed by atoms with Gasteiger partial charge < -0.3 is 0 Å². The van der Waals surface area contributed by atoms with Crippen LogP contribution in [0.2, 0.25) is 0 Å². The number of non-ortho nitro benzene ring substituents is 1. The summed E-state index contributed by atoms with van der Waals surface area (Å²) >= 11 is 0. The molecule has 0 fully saturated rings. The maximum Gasteiger partial charge on any atom is 0.269 e. The van der Waals surface area contributed by atoms with E-state index >= 15 is 0 Å². The van der Waals surface area contributed by atoms with Gasteiger partial charge in [0.2, 0.25) is 0 Å². The van der Waals surface area contributed by atoms with Crippen molar-refractivity contribution in [3.05, 3.63) is 76.8 Å². The number of benzene rings is 1. The molecular weight excluding hydrogens is 266 g/mol. The second kappa shape index (κ2) is 5.50. The minimum atomic E-state index is -0.439. The van der Waals surface area contributed by atoms with Crippen molar-refractivity contribution >= 4 is 17.1 Å². The van der Waals surface area contributed by atoms with Crippen molar-refractivity contribution in [3.8, 4) is 11.1 Å². The lowest BCUT2D eigenvalue weighted by Crippen LogP contribution is -1.85. The lowest BCUT2D eigenvalue weighted by atomic mass is 10.2. The molecule has 0 aromatic heterocycles. The first-order valence-corrected chi connectivity index (χ1v) is 6.38. The number of hydrogen-bond donors (Lipinski definition) is 0.